The number of thiophene rings is 1. The van der Waals surface area contributed by atoms with Gasteiger partial charge in [-0.25, -0.2) is 0 Å². The van der Waals surface area contributed by atoms with Gasteiger partial charge >= 0.3 is 0 Å². The molecule has 2 aromatic rings. The van der Waals surface area contributed by atoms with Crippen LogP contribution in [0.5, 0.6) is 0 Å². The first-order chi connectivity index (χ1) is 13.0. The predicted molar refractivity (Wildman–Crippen MR) is 111 cm³/mol. The summed E-state index contributed by atoms with van der Waals surface area (Å²) >= 11 is 5.80. The zero-order chi connectivity index (χ0) is 18.5. The Kier molecular flexibility index (Phi) is 4.51. The Morgan fingerprint density at radius 3 is 2.63 bits per heavy atom. The van der Waals surface area contributed by atoms with Gasteiger partial charge in [0, 0.05) is 15.6 Å². The Balaban J connectivity index is 1.35. The van der Waals surface area contributed by atoms with Crippen molar-refractivity contribution in [2.45, 2.75) is 62.4 Å². The number of hydrogen-bond acceptors (Lipinski definition) is 3. The molecule has 0 aliphatic heterocycles. The number of nitrogens with zero attached hydrogens (tertiary/aromatic N) is 1. The average molecular weight is 448 g/mol. The summed E-state index contributed by atoms with van der Waals surface area (Å²) in [4.78, 5) is 16.7. The van der Waals surface area contributed by atoms with E-state index in [-0.39, 0.29) is 11.3 Å². The molecular weight excluding hydrogens is 422 g/mol. The first-order valence-corrected chi connectivity index (χ1v) is 11.7. The van der Waals surface area contributed by atoms with Crippen LogP contribution in [0.25, 0.3) is 0 Å². The Hall–Kier alpha value is -1.07. The highest BCUT2D eigenvalue weighted by Crippen LogP contribution is 2.65. The van der Waals surface area contributed by atoms with E-state index in [9.17, 15) is 4.79 Å². The molecule has 6 rings (SSSR count). The number of hydrogen-bond donors (Lipinski definition) is 0. The molecule has 1 amide bonds. The second-order valence-electron chi connectivity index (χ2n) is 9.20. The fraction of sp³-hybridized carbons (Fsp3) is 0.591. The molecular formula is C22H26BrNO2S. The Morgan fingerprint density at radius 2 is 2.00 bits per heavy atom. The summed E-state index contributed by atoms with van der Waals surface area (Å²) in [5.74, 6) is 2.78. The van der Waals surface area contributed by atoms with E-state index in [2.05, 4.69) is 33.4 Å². The first-order valence-electron chi connectivity index (χ1n) is 10.0. The van der Waals surface area contributed by atoms with Crippen LogP contribution in [0.4, 0.5) is 0 Å². The van der Waals surface area contributed by atoms with Crippen LogP contribution in [0.1, 0.15) is 55.6 Å². The van der Waals surface area contributed by atoms with Crippen LogP contribution < -0.4 is 0 Å². The summed E-state index contributed by atoms with van der Waals surface area (Å²) in [7, 11) is 0. The third kappa shape index (κ3) is 3.65. The molecule has 4 fully saturated rings. The minimum Gasteiger partial charge on any atom is -0.467 e. The molecule has 0 radical (unpaired) electrons. The molecule has 27 heavy (non-hydrogen) atoms. The summed E-state index contributed by atoms with van der Waals surface area (Å²) in [6.45, 7) is 1.24. The molecule has 2 aromatic heterocycles. The van der Waals surface area contributed by atoms with Crippen molar-refractivity contribution < 1.29 is 9.21 Å². The fourth-order valence-electron chi connectivity index (χ4n) is 6.39. The topological polar surface area (TPSA) is 33.5 Å². The summed E-state index contributed by atoms with van der Waals surface area (Å²) < 4.78 is 5.85. The molecule has 4 aliphatic carbocycles. The molecule has 4 aliphatic rings. The Bertz CT molecular complexity index is 750. The van der Waals surface area contributed by atoms with E-state index in [1.165, 1.54) is 43.4 Å². The maximum absolute atomic E-state index is 13.5. The van der Waals surface area contributed by atoms with Crippen LogP contribution in [0.15, 0.2) is 40.3 Å². The van der Waals surface area contributed by atoms with E-state index in [0.717, 1.165) is 17.6 Å². The fourth-order valence-corrected chi connectivity index (χ4v) is 8.62. The average Bonchev–Trinajstić information content (AvgIpc) is 3.25. The van der Waals surface area contributed by atoms with Gasteiger partial charge in [-0.05, 0) is 79.4 Å². The quantitative estimate of drug-likeness (QED) is 0.509. The molecule has 3 nitrogen and oxygen atoms in total. The van der Waals surface area contributed by atoms with Gasteiger partial charge in [-0.3, -0.25) is 4.79 Å². The van der Waals surface area contributed by atoms with Crippen molar-refractivity contribution in [1.29, 1.82) is 0 Å². The first kappa shape index (κ1) is 18.0. The number of carbonyl (C=O) groups is 1. The van der Waals surface area contributed by atoms with Crippen LogP contribution in [-0.4, -0.2) is 15.1 Å². The van der Waals surface area contributed by atoms with E-state index in [1.54, 1.807) is 17.6 Å². The predicted octanol–water partition coefficient (Wildman–Crippen LogP) is 5.99. The highest BCUT2D eigenvalue weighted by atomic mass is 79.9. The normalized spacial score (nSPS) is 34.1. The zero-order valence-corrected chi connectivity index (χ0v) is 17.9. The van der Waals surface area contributed by atoms with E-state index in [1.807, 2.05) is 17.0 Å². The van der Waals surface area contributed by atoms with Gasteiger partial charge in [-0.2, -0.15) is 0 Å². The number of amides is 1. The van der Waals surface area contributed by atoms with Crippen LogP contribution in [0.2, 0.25) is 0 Å². The minimum absolute atomic E-state index is 0.210. The molecule has 0 N–H and O–H groups in total. The number of carbonyl (C=O) groups excluding carboxylic acids is 1. The molecule has 2 atom stereocenters. The van der Waals surface area contributed by atoms with Crippen molar-refractivity contribution in [2.75, 3.05) is 0 Å². The number of furan rings is 1. The summed E-state index contributed by atoms with van der Waals surface area (Å²) in [6.07, 6.45) is 10.1. The molecule has 5 heteroatoms. The Labute approximate surface area is 173 Å². The van der Waals surface area contributed by atoms with Gasteiger partial charge in [0.05, 0.1) is 19.4 Å². The van der Waals surface area contributed by atoms with E-state index in [4.69, 9.17) is 4.42 Å². The second kappa shape index (κ2) is 6.77. The van der Waals surface area contributed by atoms with Crippen LogP contribution in [0, 0.1) is 17.3 Å². The van der Waals surface area contributed by atoms with E-state index < -0.39 is 0 Å². The van der Waals surface area contributed by atoms with Crippen molar-refractivity contribution in [2.24, 2.45) is 17.3 Å². The van der Waals surface area contributed by atoms with Crippen molar-refractivity contribution in [3.8, 4) is 0 Å². The van der Waals surface area contributed by atoms with Gasteiger partial charge in [0.25, 0.3) is 0 Å². The zero-order valence-electron chi connectivity index (χ0n) is 15.5. The standard InChI is InChI=1S/C22H26BrNO2S/c23-22-10-16-7-17(11-22)9-21(8-16,15-22)12-20(25)24(13-18-3-1-5-26-18)14-19-4-2-6-27-19/h1-6,16-17H,7-15H2. The highest BCUT2D eigenvalue weighted by molar-refractivity contribution is 9.10. The number of halogens is 1. The van der Waals surface area contributed by atoms with Gasteiger partial charge in [-0.1, -0.05) is 22.0 Å². The third-order valence-corrected chi connectivity index (χ3v) is 8.63. The van der Waals surface area contributed by atoms with Crippen molar-refractivity contribution in [1.82, 2.24) is 4.90 Å². The highest BCUT2D eigenvalue weighted by Gasteiger charge is 2.57. The third-order valence-electron chi connectivity index (χ3n) is 6.84. The van der Waals surface area contributed by atoms with Gasteiger partial charge in [-0.15, -0.1) is 11.3 Å². The lowest BCUT2D eigenvalue weighted by Gasteiger charge is -2.60. The minimum atomic E-state index is 0.210. The molecule has 144 valence electrons. The molecule has 4 bridgehead atoms. The maximum atomic E-state index is 13.5. The maximum Gasteiger partial charge on any atom is 0.223 e. The summed E-state index contributed by atoms with van der Waals surface area (Å²) in [5, 5.41) is 2.08. The summed E-state index contributed by atoms with van der Waals surface area (Å²) in [6, 6.07) is 8.04. The van der Waals surface area contributed by atoms with Crippen molar-refractivity contribution in [3.63, 3.8) is 0 Å². The van der Waals surface area contributed by atoms with Gasteiger partial charge in [0.2, 0.25) is 5.91 Å². The van der Waals surface area contributed by atoms with E-state index in [0.29, 0.717) is 23.8 Å². The van der Waals surface area contributed by atoms with Gasteiger partial charge < -0.3 is 9.32 Å². The van der Waals surface area contributed by atoms with Crippen molar-refractivity contribution >= 4 is 33.2 Å². The largest absolute Gasteiger partial charge is 0.467 e. The summed E-state index contributed by atoms with van der Waals surface area (Å²) in [5.41, 5.74) is 0.210. The van der Waals surface area contributed by atoms with Crippen LogP contribution in [0.3, 0.4) is 0 Å². The molecule has 0 spiro atoms. The molecule has 0 aromatic carbocycles. The molecule has 0 saturated heterocycles. The Morgan fingerprint density at radius 1 is 1.19 bits per heavy atom. The smallest absolute Gasteiger partial charge is 0.223 e. The second-order valence-corrected chi connectivity index (χ2v) is 11.9. The molecule has 4 saturated carbocycles. The monoisotopic (exact) mass is 447 g/mol. The SMILES string of the molecule is O=C(CC12CC3CC(CC(Br)(C3)C1)C2)N(Cc1ccco1)Cc1cccs1. The lowest BCUT2D eigenvalue weighted by Crippen LogP contribution is -2.54. The number of alkyl halides is 1. The lowest BCUT2D eigenvalue weighted by atomic mass is 9.48. The van der Waals surface area contributed by atoms with Crippen LogP contribution in [-0.2, 0) is 17.9 Å². The van der Waals surface area contributed by atoms with Crippen molar-refractivity contribution in [3.05, 3.63) is 46.5 Å². The van der Waals surface area contributed by atoms with Crippen LogP contribution >= 0.6 is 27.3 Å². The van der Waals surface area contributed by atoms with E-state index >= 15 is 0 Å². The molecule has 2 unspecified atom stereocenters. The van der Waals surface area contributed by atoms with Gasteiger partial charge in [0.15, 0.2) is 0 Å². The lowest BCUT2D eigenvalue weighted by molar-refractivity contribution is -0.139. The van der Waals surface area contributed by atoms with Gasteiger partial charge in [0.1, 0.15) is 5.76 Å². The number of rotatable bonds is 6. The molecule has 2 heterocycles.